The van der Waals surface area contributed by atoms with Crippen molar-refractivity contribution in [2.75, 3.05) is 13.1 Å². The number of nitrogens with zero attached hydrogens (tertiary/aromatic N) is 1. The van der Waals surface area contributed by atoms with Gasteiger partial charge >= 0.3 is 0 Å². The zero-order valence-electron chi connectivity index (χ0n) is 15.1. The number of hydrogen-bond acceptors (Lipinski definition) is 2. The van der Waals surface area contributed by atoms with Gasteiger partial charge in [0.1, 0.15) is 0 Å². The Balaban J connectivity index is 1.81. The zero-order valence-corrected chi connectivity index (χ0v) is 15.1. The van der Waals surface area contributed by atoms with Crippen LogP contribution in [0, 0.1) is 5.92 Å². The van der Waals surface area contributed by atoms with Crippen LogP contribution < -0.4 is 5.73 Å². The number of carbonyl (C=O) groups excluding carboxylic acids is 1. The van der Waals surface area contributed by atoms with Gasteiger partial charge in [-0.1, -0.05) is 45.0 Å². The minimum absolute atomic E-state index is 0.179. The Labute approximate surface area is 141 Å². The summed E-state index contributed by atoms with van der Waals surface area (Å²) in [4.78, 5) is 14.4. The van der Waals surface area contributed by atoms with Gasteiger partial charge in [-0.2, -0.15) is 0 Å². The highest BCUT2D eigenvalue weighted by molar-refractivity contribution is 5.76. The van der Waals surface area contributed by atoms with Crippen LogP contribution in [0.3, 0.4) is 0 Å². The number of likely N-dealkylation sites (tertiary alicyclic amines) is 1. The van der Waals surface area contributed by atoms with Gasteiger partial charge < -0.3 is 10.6 Å². The third-order valence-electron chi connectivity index (χ3n) is 5.08. The van der Waals surface area contributed by atoms with E-state index in [1.54, 1.807) is 0 Å². The first kappa shape index (κ1) is 18.0. The molecule has 1 unspecified atom stereocenters. The van der Waals surface area contributed by atoms with Crippen molar-refractivity contribution in [3.63, 3.8) is 0 Å². The summed E-state index contributed by atoms with van der Waals surface area (Å²) in [5.41, 5.74) is 8.73. The highest BCUT2D eigenvalue weighted by Crippen LogP contribution is 2.23. The van der Waals surface area contributed by atoms with E-state index in [4.69, 9.17) is 5.73 Å². The third kappa shape index (κ3) is 5.07. The van der Waals surface area contributed by atoms with Crippen LogP contribution in [0.5, 0.6) is 0 Å². The van der Waals surface area contributed by atoms with Crippen LogP contribution in [-0.2, 0) is 16.6 Å². The van der Waals surface area contributed by atoms with E-state index in [1.165, 1.54) is 11.1 Å². The lowest BCUT2D eigenvalue weighted by Crippen LogP contribution is -2.42. The topological polar surface area (TPSA) is 46.3 Å². The maximum Gasteiger partial charge on any atom is 0.222 e. The van der Waals surface area contributed by atoms with Crippen molar-refractivity contribution in [2.45, 2.75) is 64.8 Å². The van der Waals surface area contributed by atoms with Gasteiger partial charge in [0.2, 0.25) is 5.91 Å². The van der Waals surface area contributed by atoms with Crippen LogP contribution in [0.25, 0.3) is 0 Å². The summed E-state index contributed by atoms with van der Waals surface area (Å²) in [7, 11) is 0. The van der Waals surface area contributed by atoms with Gasteiger partial charge in [0.15, 0.2) is 0 Å². The number of amides is 1. The van der Waals surface area contributed by atoms with Crippen LogP contribution >= 0.6 is 0 Å². The second kappa shape index (κ2) is 7.48. The molecule has 1 saturated heterocycles. The second-order valence-corrected chi connectivity index (χ2v) is 8.02. The Hall–Kier alpha value is -1.35. The van der Waals surface area contributed by atoms with E-state index in [2.05, 4.69) is 52.0 Å². The fourth-order valence-corrected chi connectivity index (χ4v) is 3.26. The smallest absolute Gasteiger partial charge is 0.222 e. The van der Waals surface area contributed by atoms with Crippen LogP contribution in [0.4, 0.5) is 0 Å². The van der Waals surface area contributed by atoms with Crippen molar-refractivity contribution in [2.24, 2.45) is 11.7 Å². The van der Waals surface area contributed by atoms with Crippen molar-refractivity contribution in [1.82, 2.24) is 4.90 Å². The summed E-state index contributed by atoms with van der Waals surface area (Å²) in [5.74, 6) is 0.858. The molecule has 0 bridgehead atoms. The largest absolute Gasteiger partial charge is 0.343 e. The summed E-state index contributed by atoms with van der Waals surface area (Å²) in [5, 5.41) is 0. The van der Waals surface area contributed by atoms with Crippen molar-refractivity contribution in [1.29, 1.82) is 0 Å². The van der Waals surface area contributed by atoms with Gasteiger partial charge in [-0.15, -0.1) is 0 Å². The molecule has 0 spiro atoms. The maximum atomic E-state index is 12.4. The van der Waals surface area contributed by atoms with E-state index in [0.717, 1.165) is 32.4 Å². The van der Waals surface area contributed by atoms with Gasteiger partial charge in [-0.25, -0.2) is 0 Å². The lowest BCUT2D eigenvalue weighted by atomic mass is 9.86. The van der Waals surface area contributed by atoms with Crippen molar-refractivity contribution in [3.05, 3.63) is 35.4 Å². The number of piperidine rings is 1. The molecular weight excluding hydrogens is 284 g/mol. The van der Waals surface area contributed by atoms with Crippen molar-refractivity contribution < 1.29 is 4.79 Å². The molecule has 3 nitrogen and oxygen atoms in total. The van der Waals surface area contributed by atoms with Crippen molar-refractivity contribution >= 4 is 5.91 Å². The number of carbonyl (C=O) groups is 1. The normalized spacial score (nSPS) is 18.0. The van der Waals surface area contributed by atoms with Gasteiger partial charge in [0.25, 0.3) is 0 Å². The van der Waals surface area contributed by atoms with E-state index >= 15 is 0 Å². The molecule has 0 radical (unpaired) electrons. The van der Waals surface area contributed by atoms with Crippen LogP contribution in [0.2, 0.25) is 0 Å². The lowest BCUT2D eigenvalue weighted by molar-refractivity contribution is -0.132. The molecule has 1 aromatic rings. The van der Waals surface area contributed by atoms with Crippen molar-refractivity contribution in [3.8, 4) is 0 Å². The molecule has 1 aliphatic heterocycles. The summed E-state index contributed by atoms with van der Waals surface area (Å²) < 4.78 is 0. The Morgan fingerprint density at radius 3 is 2.26 bits per heavy atom. The molecule has 2 N–H and O–H groups in total. The average molecular weight is 316 g/mol. The first-order valence-corrected chi connectivity index (χ1v) is 8.90. The van der Waals surface area contributed by atoms with E-state index in [-0.39, 0.29) is 17.4 Å². The number of nitrogens with two attached hydrogens (primary N) is 1. The Bertz CT molecular complexity index is 505. The Morgan fingerprint density at radius 1 is 1.22 bits per heavy atom. The quantitative estimate of drug-likeness (QED) is 0.924. The molecule has 1 aromatic carbocycles. The molecule has 3 heteroatoms. The van der Waals surface area contributed by atoms with Gasteiger partial charge in [0, 0.05) is 25.6 Å². The predicted molar refractivity (Wildman–Crippen MR) is 96.4 cm³/mol. The molecule has 1 fully saturated rings. The number of hydrogen-bond donors (Lipinski definition) is 1. The summed E-state index contributed by atoms with van der Waals surface area (Å²) in [6.07, 6.45) is 3.53. The molecule has 1 heterocycles. The molecule has 1 atom stereocenters. The molecule has 128 valence electrons. The molecule has 0 saturated carbocycles. The Kier molecular flexibility index (Phi) is 5.85. The highest BCUT2D eigenvalue weighted by Gasteiger charge is 2.24. The standard InChI is InChI=1S/C20H32N2O/c1-15(21)17-11-13-22(14-12-17)19(23)10-7-16-5-8-18(9-6-16)20(2,3)4/h5-6,8-9,15,17H,7,10-14,21H2,1-4H3. The van der Waals surface area contributed by atoms with Gasteiger partial charge in [0.05, 0.1) is 0 Å². The molecule has 0 aliphatic carbocycles. The maximum absolute atomic E-state index is 12.4. The van der Waals surface area contributed by atoms with Crippen LogP contribution in [0.15, 0.2) is 24.3 Å². The van der Waals surface area contributed by atoms with Crippen LogP contribution in [-0.4, -0.2) is 29.9 Å². The lowest BCUT2D eigenvalue weighted by Gasteiger charge is -2.33. The first-order valence-electron chi connectivity index (χ1n) is 8.90. The second-order valence-electron chi connectivity index (χ2n) is 8.02. The Morgan fingerprint density at radius 2 is 1.78 bits per heavy atom. The average Bonchev–Trinajstić information content (AvgIpc) is 2.52. The van der Waals surface area contributed by atoms with Gasteiger partial charge in [-0.05, 0) is 48.6 Å². The highest BCUT2D eigenvalue weighted by atomic mass is 16.2. The minimum atomic E-state index is 0.179. The van der Waals surface area contributed by atoms with E-state index in [0.29, 0.717) is 12.3 Å². The van der Waals surface area contributed by atoms with E-state index < -0.39 is 0 Å². The number of rotatable bonds is 4. The molecular formula is C20H32N2O. The SMILES string of the molecule is CC(N)C1CCN(C(=O)CCc2ccc(C(C)(C)C)cc2)CC1. The fourth-order valence-electron chi connectivity index (χ4n) is 3.26. The minimum Gasteiger partial charge on any atom is -0.343 e. The third-order valence-corrected chi connectivity index (χ3v) is 5.08. The predicted octanol–water partition coefficient (Wildman–Crippen LogP) is 3.50. The zero-order chi connectivity index (χ0) is 17.0. The molecule has 0 aromatic heterocycles. The van der Waals surface area contributed by atoms with Gasteiger partial charge in [-0.3, -0.25) is 4.79 Å². The summed E-state index contributed by atoms with van der Waals surface area (Å²) in [6.45, 7) is 10.5. The first-order chi connectivity index (χ1) is 10.8. The van der Waals surface area contributed by atoms with E-state index in [9.17, 15) is 4.79 Å². The fraction of sp³-hybridized carbons (Fsp3) is 0.650. The molecule has 23 heavy (non-hydrogen) atoms. The summed E-state index contributed by atoms with van der Waals surface area (Å²) in [6, 6.07) is 8.95. The van der Waals surface area contributed by atoms with Crippen LogP contribution in [0.1, 0.15) is 58.1 Å². The molecule has 1 amide bonds. The molecule has 1 aliphatic rings. The number of aryl methyl sites for hydroxylation is 1. The summed E-state index contributed by atoms with van der Waals surface area (Å²) >= 11 is 0. The molecule has 2 rings (SSSR count). The monoisotopic (exact) mass is 316 g/mol. The number of benzene rings is 1. The van der Waals surface area contributed by atoms with E-state index in [1.807, 2.05) is 4.90 Å².